The first-order valence-corrected chi connectivity index (χ1v) is 11.7. The molecule has 0 saturated carbocycles. The minimum atomic E-state index is -0.710. The average Bonchev–Trinajstić information content (AvgIpc) is 2.89. The summed E-state index contributed by atoms with van der Waals surface area (Å²) in [5, 5.41) is 5.27. The number of fused-ring (bicyclic) bond motifs is 1. The second kappa shape index (κ2) is 11.4. The van der Waals surface area contributed by atoms with Crippen molar-refractivity contribution in [1.29, 1.82) is 0 Å². The van der Waals surface area contributed by atoms with Crippen LogP contribution < -0.4 is 27.2 Å². The summed E-state index contributed by atoms with van der Waals surface area (Å²) >= 11 is 0. The van der Waals surface area contributed by atoms with Crippen LogP contribution in [0, 0.1) is 0 Å². The third kappa shape index (κ3) is 5.64. The van der Waals surface area contributed by atoms with E-state index in [9.17, 15) is 14.4 Å². The molecule has 4 aromatic rings. The smallest absolute Gasteiger partial charge is 0.330 e. The fourth-order valence-electron chi connectivity index (χ4n) is 4.06. The summed E-state index contributed by atoms with van der Waals surface area (Å²) in [6.07, 6.45) is 0.481. The van der Waals surface area contributed by atoms with Gasteiger partial charge in [0.15, 0.2) is 5.69 Å². The largest absolute Gasteiger partial charge is 0.385 e. The number of amides is 1. The van der Waals surface area contributed by atoms with Crippen molar-refractivity contribution in [2.24, 2.45) is 0 Å². The van der Waals surface area contributed by atoms with Crippen LogP contribution in [0.2, 0.25) is 0 Å². The van der Waals surface area contributed by atoms with Crippen LogP contribution in [0.3, 0.4) is 0 Å². The van der Waals surface area contributed by atoms with Gasteiger partial charge in [-0.1, -0.05) is 60.7 Å². The molecule has 0 spiro atoms. The summed E-state index contributed by atoms with van der Waals surface area (Å²) in [4.78, 5) is 42.4. The van der Waals surface area contributed by atoms with Gasteiger partial charge in [0.05, 0.1) is 13.1 Å². The number of carbonyl (C=O) groups excluding carboxylic acids is 1. The van der Waals surface area contributed by atoms with Gasteiger partial charge in [-0.05, 0) is 34.9 Å². The van der Waals surface area contributed by atoms with Crippen molar-refractivity contribution in [3.8, 4) is 0 Å². The average molecular weight is 488 g/mol. The Hall–Kier alpha value is -4.37. The first-order valence-electron chi connectivity index (χ1n) is 11.7. The molecule has 9 nitrogen and oxygen atoms in total. The number of ether oxygens (including phenoxy) is 1. The zero-order valence-electron chi connectivity index (χ0n) is 20.1. The van der Waals surface area contributed by atoms with Gasteiger partial charge in [-0.25, -0.2) is 4.79 Å². The van der Waals surface area contributed by atoms with Gasteiger partial charge >= 0.3 is 5.69 Å². The molecule has 0 radical (unpaired) electrons. The van der Waals surface area contributed by atoms with Crippen LogP contribution in [0.1, 0.15) is 12.0 Å². The number of benzene rings is 3. The number of hydrogen-bond donors (Lipinski definition) is 3. The highest BCUT2D eigenvalue weighted by molar-refractivity contribution is 5.98. The molecule has 0 aliphatic heterocycles. The van der Waals surface area contributed by atoms with Crippen LogP contribution >= 0.6 is 0 Å². The van der Waals surface area contributed by atoms with Crippen LogP contribution in [-0.4, -0.2) is 42.3 Å². The van der Waals surface area contributed by atoms with Gasteiger partial charge in [0.2, 0.25) is 5.91 Å². The Morgan fingerprint density at radius 3 is 2.50 bits per heavy atom. The van der Waals surface area contributed by atoms with E-state index in [0.717, 1.165) is 22.0 Å². The lowest BCUT2D eigenvalue weighted by Crippen LogP contribution is -2.44. The number of carbonyl (C=O) groups is 1. The summed E-state index contributed by atoms with van der Waals surface area (Å²) in [5.74, 6) is -0.426. The van der Waals surface area contributed by atoms with Gasteiger partial charge in [-0.15, -0.1) is 0 Å². The lowest BCUT2D eigenvalue weighted by Gasteiger charge is -2.25. The Labute approximate surface area is 208 Å². The summed E-state index contributed by atoms with van der Waals surface area (Å²) in [5.41, 5.74) is 6.55. The molecule has 0 aliphatic rings. The maximum Gasteiger partial charge on any atom is 0.330 e. The number of nitrogens with zero attached hydrogens (tertiary/aromatic N) is 2. The molecule has 9 heteroatoms. The Bertz CT molecular complexity index is 1460. The number of H-pyrrole nitrogens is 1. The number of methoxy groups -OCH3 is 1. The molecule has 4 N–H and O–H groups in total. The maximum atomic E-state index is 13.4. The molecule has 0 aliphatic carbocycles. The summed E-state index contributed by atoms with van der Waals surface area (Å²) < 4.78 is 6.40. The van der Waals surface area contributed by atoms with Gasteiger partial charge < -0.3 is 20.7 Å². The van der Waals surface area contributed by atoms with Gasteiger partial charge in [0, 0.05) is 25.9 Å². The fourth-order valence-corrected chi connectivity index (χ4v) is 4.06. The van der Waals surface area contributed by atoms with E-state index in [1.807, 2.05) is 72.8 Å². The number of aromatic nitrogens is 2. The highest BCUT2D eigenvalue weighted by Gasteiger charge is 2.24. The first-order chi connectivity index (χ1) is 17.5. The monoisotopic (exact) mass is 487 g/mol. The Balaban J connectivity index is 1.62. The van der Waals surface area contributed by atoms with E-state index < -0.39 is 11.2 Å². The van der Waals surface area contributed by atoms with Crippen molar-refractivity contribution in [2.75, 3.05) is 42.8 Å². The molecule has 4 rings (SSSR count). The molecule has 0 unspecified atom stereocenters. The number of nitrogen functional groups attached to an aromatic ring is 1. The SMILES string of the molecule is COCCCN(C(=O)CNc1ccc2ccccc2c1)c1c(N)n(Cc2ccccc2)c(=O)[nH]c1=O. The molecule has 3 aromatic carbocycles. The van der Waals surface area contributed by atoms with E-state index >= 15 is 0 Å². The van der Waals surface area contributed by atoms with E-state index in [1.54, 1.807) is 7.11 Å². The number of rotatable bonds is 10. The number of hydrogen-bond acceptors (Lipinski definition) is 6. The highest BCUT2D eigenvalue weighted by atomic mass is 16.5. The van der Waals surface area contributed by atoms with Gasteiger partial charge in [0.25, 0.3) is 5.56 Å². The number of anilines is 3. The van der Waals surface area contributed by atoms with Crippen molar-refractivity contribution in [1.82, 2.24) is 9.55 Å². The van der Waals surface area contributed by atoms with Gasteiger partial charge in [-0.3, -0.25) is 19.1 Å². The Morgan fingerprint density at radius 1 is 1.03 bits per heavy atom. The predicted octanol–water partition coefficient (Wildman–Crippen LogP) is 2.80. The third-order valence-corrected chi connectivity index (χ3v) is 5.89. The van der Waals surface area contributed by atoms with E-state index in [2.05, 4.69) is 10.3 Å². The van der Waals surface area contributed by atoms with Crippen molar-refractivity contribution < 1.29 is 9.53 Å². The van der Waals surface area contributed by atoms with Crippen molar-refractivity contribution in [2.45, 2.75) is 13.0 Å². The third-order valence-electron chi connectivity index (χ3n) is 5.89. The normalized spacial score (nSPS) is 10.9. The van der Waals surface area contributed by atoms with Crippen molar-refractivity contribution in [3.63, 3.8) is 0 Å². The quantitative estimate of drug-likeness (QED) is 0.296. The fraction of sp³-hybridized carbons (Fsp3) is 0.222. The van der Waals surface area contributed by atoms with Crippen molar-refractivity contribution in [3.05, 3.63) is 99.2 Å². The molecule has 186 valence electrons. The van der Waals surface area contributed by atoms with E-state index in [0.29, 0.717) is 13.0 Å². The zero-order chi connectivity index (χ0) is 25.5. The van der Waals surface area contributed by atoms with Crippen LogP contribution in [0.5, 0.6) is 0 Å². The second-order valence-corrected chi connectivity index (χ2v) is 8.37. The van der Waals surface area contributed by atoms with Gasteiger partial charge in [-0.2, -0.15) is 0 Å². The molecule has 0 atom stereocenters. The van der Waals surface area contributed by atoms with Crippen LogP contribution in [0.4, 0.5) is 17.2 Å². The predicted molar refractivity (Wildman–Crippen MR) is 143 cm³/mol. The van der Waals surface area contributed by atoms with E-state index in [1.165, 1.54) is 9.47 Å². The molecular formula is C27H29N5O4. The standard InChI is InChI=1S/C27H29N5O4/c1-36-15-7-14-31(23(33)17-29-22-13-12-20-10-5-6-11-21(20)16-22)24-25(28)32(27(35)30-26(24)34)18-19-8-3-2-4-9-19/h2-6,8-13,16,29H,7,14-15,17-18,28H2,1H3,(H,30,34,35). The first kappa shape index (κ1) is 24.7. The minimum absolute atomic E-state index is 0.0491. The molecule has 0 saturated heterocycles. The number of aromatic amines is 1. The number of nitrogens with two attached hydrogens (primary N) is 1. The summed E-state index contributed by atoms with van der Waals surface area (Å²) in [7, 11) is 1.56. The minimum Gasteiger partial charge on any atom is -0.385 e. The van der Waals surface area contributed by atoms with Crippen molar-refractivity contribution >= 4 is 33.9 Å². The maximum absolute atomic E-state index is 13.4. The van der Waals surface area contributed by atoms with Crippen LogP contribution in [0.15, 0.2) is 82.4 Å². The van der Waals surface area contributed by atoms with E-state index in [4.69, 9.17) is 10.5 Å². The molecule has 1 aromatic heterocycles. The lowest BCUT2D eigenvalue weighted by molar-refractivity contribution is -0.117. The summed E-state index contributed by atoms with van der Waals surface area (Å²) in [6.45, 7) is 0.680. The molecular weight excluding hydrogens is 458 g/mol. The molecule has 0 bridgehead atoms. The van der Waals surface area contributed by atoms with Crippen LogP contribution in [0.25, 0.3) is 10.8 Å². The highest BCUT2D eigenvalue weighted by Crippen LogP contribution is 2.21. The Kier molecular flexibility index (Phi) is 7.82. The second-order valence-electron chi connectivity index (χ2n) is 8.37. The summed E-state index contributed by atoms with van der Waals surface area (Å²) in [6, 6.07) is 23.0. The molecule has 0 fully saturated rings. The molecule has 1 amide bonds. The van der Waals surface area contributed by atoms with E-state index in [-0.39, 0.29) is 37.0 Å². The topological polar surface area (TPSA) is 122 Å². The molecule has 36 heavy (non-hydrogen) atoms. The van der Waals surface area contributed by atoms with Gasteiger partial charge in [0.1, 0.15) is 5.82 Å². The Morgan fingerprint density at radius 2 is 1.75 bits per heavy atom. The van der Waals surface area contributed by atoms with Crippen LogP contribution in [-0.2, 0) is 16.1 Å². The zero-order valence-corrected chi connectivity index (χ0v) is 20.1. The number of nitrogens with one attached hydrogen (secondary N) is 2. The molecule has 1 heterocycles. The lowest BCUT2D eigenvalue weighted by atomic mass is 10.1.